The van der Waals surface area contributed by atoms with E-state index >= 15 is 0 Å². The molecule has 1 fully saturated rings. The normalized spacial score (nSPS) is 19.4. The first kappa shape index (κ1) is 26.8. The number of aromatic nitrogens is 6. The van der Waals surface area contributed by atoms with Gasteiger partial charge in [0.05, 0.1) is 34.4 Å². The Morgan fingerprint density at radius 3 is 2.51 bits per heavy atom. The molecule has 3 aromatic rings. The van der Waals surface area contributed by atoms with Gasteiger partial charge in [-0.25, -0.2) is 4.68 Å². The van der Waals surface area contributed by atoms with Gasteiger partial charge in [0.25, 0.3) is 0 Å². The average molecular weight is 545 g/mol. The molecule has 0 saturated heterocycles. The van der Waals surface area contributed by atoms with E-state index in [1.54, 1.807) is 11.6 Å². The lowest BCUT2D eigenvalue weighted by molar-refractivity contribution is -0.142. The van der Waals surface area contributed by atoms with Gasteiger partial charge in [-0.05, 0) is 43.5 Å². The molecular formula is C25H31F3N10O. The summed E-state index contributed by atoms with van der Waals surface area (Å²) in [4.78, 5) is 0. The predicted octanol–water partition coefficient (Wildman–Crippen LogP) is 2.41. The van der Waals surface area contributed by atoms with Gasteiger partial charge in [0.2, 0.25) is 0 Å². The van der Waals surface area contributed by atoms with Crippen LogP contribution in [0.15, 0.2) is 35.8 Å². The van der Waals surface area contributed by atoms with E-state index in [2.05, 4.69) is 20.7 Å². The van der Waals surface area contributed by atoms with Crippen molar-refractivity contribution >= 4 is 5.70 Å². The van der Waals surface area contributed by atoms with Gasteiger partial charge in [-0.1, -0.05) is 0 Å². The highest BCUT2D eigenvalue weighted by atomic mass is 19.4. The van der Waals surface area contributed by atoms with Gasteiger partial charge in [-0.2, -0.15) is 28.5 Å². The molecule has 14 heteroatoms. The maximum atomic E-state index is 13.9. The van der Waals surface area contributed by atoms with E-state index in [1.807, 2.05) is 37.3 Å². The van der Waals surface area contributed by atoms with Gasteiger partial charge in [0, 0.05) is 56.8 Å². The fourth-order valence-electron chi connectivity index (χ4n) is 5.04. The van der Waals surface area contributed by atoms with Crippen LogP contribution in [0.3, 0.4) is 0 Å². The minimum Gasteiger partial charge on any atom is -0.362 e. The standard InChI is InChI=1S/C25H31F3N10O/c1-13-5-15(8-29)31-32-21(13)18-10-36(3)33-23(18)17-7-20(17)38-16(9-30)6-14(2)22(34-38)19-11-37(12-39-4)35-24(19)25(26,27)28/h5-6,10-11,17,20,34H,7-9,12,29-30H2,1-4H3. The fourth-order valence-corrected chi connectivity index (χ4v) is 5.04. The van der Waals surface area contributed by atoms with Gasteiger partial charge in [0.1, 0.15) is 6.73 Å². The van der Waals surface area contributed by atoms with Crippen molar-refractivity contribution in [3.63, 3.8) is 0 Å². The van der Waals surface area contributed by atoms with Crippen molar-refractivity contribution in [2.75, 3.05) is 13.7 Å². The summed E-state index contributed by atoms with van der Waals surface area (Å²) in [5.74, 6) is -0.00278. The summed E-state index contributed by atoms with van der Waals surface area (Å²) < 4.78 is 49.6. The number of aryl methyl sites for hydroxylation is 2. The summed E-state index contributed by atoms with van der Waals surface area (Å²) >= 11 is 0. The van der Waals surface area contributed by atoms with Crippen LogP contribution in [0.2, 0.25) is 0 Å². The second-order valence-corrected chi connectivity index (χ2v) is 9.81. The zero-order valence-electron chi connectivity index (χ0n) is 22.1. The Labute approximate surface area is 223 Å². The molecule has 3 aromatic heterocycles. The predicted molar refractivity (Wildman–Crippen MR) is 137 cm³/mol. The van der Waals surface area contributed by atoms with Crippen molar-refractivity contribution < 1.29 is 17.9 Å². The number of alkyl halides is 3. The number of nitrogens with one attached hydrogen (secondary N) is 1. The second-order valence-electron chi connectivity index (χ2n) is 9.81. The molecule has 0 spiro atoms. The van der Waals surface area contributed by atoms with Crippen LogP contribution in [-0.4, -0.2) is 54.5 Å². The van der Waals surface area contributed by atoms with Crippen molar-refractivity contribution in [3.8, 4) is 11.3 Å². The van der Waals surface area contributed by atoms with Crippen LogP contribution in [0, 0.1) is 6.92 Å². The summed E-state index contributed by atoms with van der Waals surface area (Å²) in [5, 5.41) is 18.9. The van der Waals surface area contributed by atoms with Gasteiger partial charge in [-0.15, -0.1) is 5.10 Å². The van der Waals surface area contributed by atoms with Crippen molar-refractivity contribution in [2.45, 2.75) is 51.7 Å². The first-order valence-corrected chi connectivity index (χ1v) is 12.4. The van der Waals surface area contributed by atoms with E-state index < -0.39 is 11.9 Å². The van der Waals surface area contributed by atoms with E-state index in [4.69, 9.17) is 21.3 Å². The summed E-state index contributed by atoms with van der Waals surface area (Å²) in [6, 6.07) is 1.82. The van der Waals surface area contributed by atoms with Gasteiger partial charge in [0.15, 0.2) is 5.69 Å². The summed E-state index contributed by atoms with van der Waals surface area (Å²) in [6.45, 7) is 4.09. The number of methoxy groups -OCH3 is 1. The number of hydrogen-bond donors (Lipinski definition) is 3. The number of halogens is 3. The summed E-state index contributed by atoms with van der Waals surface area (Å²) in [5.41, 5.74) is 19.7. The molecule has 1 saturated carbocycles. The Morgan fingerprint density at radius 1 is 1.10 bits per heavy atom. The number of allylic oxidation sites excluding steroid dienone is 2. The van der Waals surface area contributed by atoms with Crippen LogP contribution in [0.4, 0.5) is 13.2 Å². The molecule has 2 unspecified atom stereocenters. The van der Waals surface area contributed by atoms with Crippen LogP contribution in [0.1, 0.15) is 47.5 Å². The Morgan fingerprint density at radius 2 is 1.87 bits per heavy atom. The molecule has 0 radical (unpaired) electrons. The lowest BCUT2D eigenvalue weighted by atomic mass is 10.0. The Bertz CT molecular complexity index is 1450. The summed E-state index contributed by atoms with van der Waals surface area (Å²) in [7, 11) is 3.24. The fraction of sp³-hybridized carbons (Fsp3) is 0.440. The minimum absolute atomic E-state index is 0.00278. The number of nitrogens with two attached hydrogens (primary N) is 2. The molecule has 4 heterocycles. The minimum atomic E-state index is -4.64. The third kappa shape index (κ3) is 5.02. The lowest BCUT2D eigenvalue weighted by Gasteiger charge is -2.34. The maximum Gasteiger partial charge on any atom is 0.435 e. The molecular weight excluding hydrogens is 513 g/mol. The van der Waals surface area contributed by atoms with Crippen LogP contribution in [0.5, 0.6) is 0 Å². The van der Waals surface area contributed by atoms with Crippen LogP contribution in [-0.2, 0) is 31.2 Å². The first-order valence-electron chi connectivity index (χ1n) is 12.4. The van der Waals surface area contributed by atoms with Crippen molar-refractivity contribution in [1.29, 1.82) is 0 Å². The molecule has 5 rings (SSSR count). The smallest absolute Gasteiger partial charge is 0.362 e. The third-order valence-corrected chi connectivity index (χ3v) is 6.89. The quantitative estimate of drug-likeness (QED) is 0.390. The van der Waals surface area contributed by atoms with Crippen LogP contribution in [0.25, 0.3) is 17.0 Å². The molecule has 0 amide bonds. The molecule has 0 aromatic carbocycles. The first-order chi connectivity index (χ1) is 18.5. The molecule has 2 atom stereocenters. The SMILES string of the molecule is COCn1cc(C2=C(C)C=C(CN)N(C3CC3c3nn(C)cc3-c3nnc(CN)cc3C)N2)c(C(F)(F)F)n1. The van der Waals surface area contributed by atoms with Crippen LogP contribution < -0.4 is 16.9 Å². The molecule has 1 aliphatic heterocycles. The second kappa shape index (κ2) is 10.1. The Kier molecular flexibility index (Phi) is 6.95. The van der Waals surface area contributed by atoms with E-state index in [1.165, 1.54) is 13.3 Å². The Balaban J connectivity index is 1.47. The zero-order chi connectivity index (χ0) is 28.1. The number of ether oxygens (including phenoxy) is 1. The zero-order valence-corrected chi connectivity index (χ0v) is 22.1. The molecule has 2 aliphatic rings. The molecule has 11 nitrogen and oxygen atoms in total. The molecule has 1 aliphatic carbocycles. The molecule has 208 valence electrons. The topological polar surface area (TPSA) is 138 Å². The van der Waals surface area contributed by atoms with Crippen molar-refractivity contribution in [1.82, 2.24) is 40.2 Å². The highest BCUT2D eigenvalue weighted by Crippen LogP contribution is 2.49. The van der Waals surface area contributed by atoms with Crippen molar-refractivity contribution in [2.24, 2.45) is 18.5 Å². The van der Waals surface area contributed by atoms with E-state index in [0.29, 0.717) is 23.5 Å². The highest BCUT2D eigenvalue weighted by Gasteiger charge is 2.48. The monoisotopic (exact) mass is 544 g/mol. The van der Waals surface area contributed by atoms with Crippen molar-refractivity contribution in [3.05, 3.63) is 64.0 Å². The van der Waals surface area contributed by atoms with E-state index in [9.17, 15) is 13.2 Å². The molecule has 5 N–H and O–H groups in total. The number of hydrogen-bond acceptors (Lipinski definition) is 9. The largest absolute Gasteiger partial charge is 0.435 e. The Hall–Kier alpha value is -3.75. The van der Waals surface area contributed by atoms with E-state index in [-0.39, 0.29) is 30.8 Å². The van der Waals surface area contributed by atoms with Gasteiger partial charge < -0.3 is 16.2 Å². The number of nitrogens with zero attached hydrogens (tertiary/aromatic N) is 7. The molecule has 0 bridgehead atoms. The third-order valence-electron chi connectivity index (χ3n) is 6.89. The van der Waals surface area contributed by atoms with Gasteiger partial charge >= 0.3 is 6.18 Å². The molecule has 39 heavy (non-hydrogen) atoms. The van der Waals surface area contributed by atoms with Crippen LogP contribution >= 0.6 is 0 Å². The highest BCUT2D eigenvalue weighted by molar-refractivity contribution is 5.72. The van der Waals surface area contributed by atoms with E-state index in [0.717, 1.165) is 39.3 Å². The maximum absolute atomic E-state index is 13.9. The van der Waals surface area contributed by atoms with Gasteiger partial charge in [-0.3, -0.25) is 15.1 Å². The number of rotatable bonds is 8. The summed E-state index contributed by atoms with van der Waals surface area (Å²) in [6.07, 6.45) is 1.14. The average Bonchev–Trinajstić information content (AvgIpc) is 3.40. The number of hydrazine groups is 1. The lowest BCUT2D eigenvalue weighted by Crippen LogP contribution is -2.43.